The first-order valence-corrected chi connectivity index (χ1v) is 7.52. The normalized spacial score (nSPS) is 11.1. The highest BCUT2D eigenvalue weighted by Gasteiger charge is 2.28. The number of rotatable bonds is 7. The van der Waals surface area contributed by atoms with E-state index in [1.807, 2.05) is 6.07 Å². The molecule has 0 heterocycles. The third-order valence-electron chi connectivity index (χ3n) is 2.80. The van der Waals surface area contributed by atoms with Crippen LogP contribution < -0.4 is 4.74 Å². The molecule has 0 aliphatic heterocycles. The number of benzene rings is 1. The molecule has 0 aromatic heterocycles. The minimum atomic E-state index is -3.97. The number of sulfonamides is 1. The molecule has 21 heavy (non-hydrogen) atoms. The second-order valence-electron chi connectivity index (χ2n) is 4.00. The van der Waals surface area contributed by atoms with Crippen LogP contribution in [0.1, 0.15) is 13.3 Å². The molecule has 0 aliphatic carbocycles. The topological polar surface area (TPSA) is 114 Å². The maximum atomic E-state index is 12.5. The van der Waals surface area contributed by atoms with E-state index in [2.05, 4.69) is 0 Å². The summed E-state index contributed by atoms with van der Waals surface area (Å²) in [4.78, 5) is 9.85. The molecule has 0 atom stereocenters. The van der Waals surface area contributed by atoms with E-state index < -0.39 is 14.9 Å². The van der Waals surface area contributed by atoms with Crippen molar-refractivity contribution in [2.75, 3.05) is 20.2 Å². The Kier molecular flexibility index (Phi) is 5.63. The molecule has 0 aliphatic rings. The van der Waals surface area contributed by atoms with Crippen molar-refractivity contribution in [3.05, 3.63) is 28.3 Å². The summed E-state index contributed by atoms with van der Waals surface area (Å²) in [5.74, 6) is 0.0241. The number of nitro groups is 1. The summed E-state index contributed by atoms with van der Waals surface area (Å²) in [6.45, 7) is 1.79. The molecule has 0 unspecified atom stereocenters. The van der Waals surface area contributed by atoms with Crippen LogP contribution in [0.5, 0.6) is 5.75 Å². The van der Waals surface area contributed by atoms with Gasteiger partial charge in [0.05, 0.1) is 18.1 Å². The minimum absolute atomic E-state index is 0.0151. The molecule has 114 valence electrons. The number of nitro benzene ring substituents is 1. The molecule has 0 amide bonds. The van der Waals surface area contributed by atoms with Crippen molar-refractivity contribution in [1.29, 1.82) is 5.26 Å². The predicted octanol–water partition coefficient (Wildman–Crippen LogP) is 1.53. The van der Waals surface area contributed by atoms with Crippen LogP contribution in [0.25, 0.3) is 0 Å². The summed E-state index contributed by atoms with van der Waals surface area (Å²) < 4.78 is 31.1. The molecule has 0 N–H and O–H groups in total. The van der Waals surface area contributed by atoms with Gasteiger partial charge in [0.1, 0.15) is 10.6 Å². The first-order chi connectivity index (χ1) is 9.88. The van der Waals surface area contributed by atoms with Gasteiger partial charge in [0.25, 0.3) is 5.69 Å². The van der Waals surface area contributed by atoms with E-state index in [0.29, 0.717) is 0 Å². The van der Waals surface area contributed by atoms with Crippen molar-refractivity contribution < 1.29 is 18.1 Å². The number of nitriles is 1. The SMILES string of the molecule is CCN(CCC#N)S(=O)(=O)c1cc([N+](=O)[O-])ccc1OC. The molecule has 0 spiro atoms. The fourth-order valence-electron chi connectivity index (χ4n) is 1.74. The lowest BCUT2D eigenvalue weighted by Gasteiger charge is -2.20. The van der Waals surface area contributed by atoms with Gasteiger partial charge in [0.2, 0.25) is 10.0 Å². The third-order valence-corrected chi connectivity index (χ3v) is 4.80. The van der Waals surface area contributed by atoms with Crippen LogP contribution in [0.2, 0.25) is 0 Å². The maximum absolute atomic E-state index is 12.5. The van der Waals surface area contributed by atoms with E-state index in [1.165, 1.54) is 19.2 Å². The lowest BCUT2D eigenvalue weighted by molar-refractivity contribution is -0.385. The van der Waals surface area contributed by atoms with Gasteiger partial charge in [0.15, 0.2) is 0 Å². The average molecular weight is 313 g/mol. The van der Waals surface area contributed by atoms with E-state index in [4.69, 9.17) is 10.00 Å². The van der Waals surface area contributed by atoms with Crippen LogP contribution in [-0.2, 0) is 10.0 Å². The zero-order valence-electron chi connectivity index (χ0n) is 11.6. The van der Waals surface area contributed by atoms with E-state index in [1.54, 1.807) is 6.92 Å². The number of nitrogens with zero attached hydrogens (tertiary/aromatic N) is 3. The molecule has 0 radical (unpaired) electrons. The standard InChI is InChI=1S/C12H15N3O5S/c1-3-14(8-4-7-13)21(18,19)12-9-10(15(16)17)5-6-11(12)20-2/h5-6,9H,3-4,8H2,1-2H3. The van der Waals surface area contributed by atoms with Gasteiger partial charge in [-0.2, -0.15) is 9.57 Å². The Labute approximate surface area is 122 Å². The smallest absolute Gasteiger partial charge is 0.271 e. The Bertz CT molecular complexity index is 666. The Hall–Kier alpha value is -2.18. The number of non-ortho nitro benzene ring substituents is 1. The fraction of sp³-hybridized carbons (Fsp3) is 0.417. The molecule has 0 fully saturated rings. The molecular formula is C12H15N3O5S. The Morgan fingerprint density at radius 2 is 2.14 bits per heavy atom. The monoisotopic (exact) mass is 313 g/mol. The molecule has 1 rings (SSSR count). The van der Waals surface area contributed by atoms with Gasteiger partial charge in [-0.1, -0.05) is 6.92 Å². The molecule has 0 saturated heterocycles. The molecule has 1 aromatic rings. The maximum Gasteiger partial charge on any atom is 0.271 e. The van der Waals surface area contributed by atoms with Crippen molar-refractivity contribution >= 4 is 15.7 Å². The third kappa shape index (κ3) is 3.68. The van der Waals surface area contributed by atoms with Gasteiger partial charge in [-0.3, -0.25) is 10.1 Å². The van der Waals surface area contributed by atoms with Gasteiger partial charge in [-0.15, -0.1) is 0 Å². The van der Waals surface area contributed by atoms with Gasteiger partial charge in [-0.05, 0) is 6.07 Å². The molecule has 1 aromatic carbocycles. The highest BCUT2D eigenvalue weighted by atomic mass is 32.2. The molecule has 8 nitrogen and oxygen atoms in total. The summed E-state index contributed by atoms with van der Waals surface area (Å²) in [6, 6.07) is 5.24. The van der Waals surface area contributed by atoms with Crippen LogP contribution in [0.15, 0.2) is 23.1 Å². The quantitative estimate of drug-likeness (QED) is 0.557. The summed E-state index contributed by atoms with van der Waals surface area (Å²) in [5, 5.41) is 19.4. The minimum Gasteiger partial charge on any atom is -0.495 e. The van der Waals surface area contributed by atoms with Crippen LogP contribution >= 0.6 is 0 Å². The number of hydrogen-bond acceptors (Lipinski definition) is 6. The van der Waals surface area contributed by atoms with Gasteiger partial charge in [-0.25, -0.2) is 8.42 Å². The molecule has 9 heteroatoms. The van der Waals surface area contributed by atoms with Crippen molar-refractivity contribution in [1.82, 2.24) is 4.31 Å². The van der Waals surface area contributed by atoms with E-state index in [9.17, 15) is 18.5 Å². The lowest BCUT2D eigenvalue weighted by atomic mass is 10.3. The zero-order valence-corrected chi connectivity index (χ0v) is 12.5. The molecule has 0 bridgehead atoms. The molecule has 0 saturated carbocycles. The second-order valence-corrected chi connectivity index (χ2v) is 5.90. The highest BCUT2D eigenvalue weighted by Crippen LogP contribution is 2.30. The summed E-state index contributed by atoms with van der Waals surface area (Å²) in [6.07, 6.45) is 0.0321. The average Bonchev–Trinajstić information content (AvgIpc) is 2.47. The first-order valence-electron chi connectivity index (χ1n) is 6.08. The van der Waals surface area contributed by atoms with Crippen molar-refractivity contribution in [2.45, 2.75) is 18.2 Å². The first kappa shape index (κ1) is 16.9. The van der Waals surface area contributed by atoms with Crippen molar-refractivity contribution in [2.24, 2.45) is 0 Å². The van der Waals surface area contributed by atoms with Gasteiger partial charge in [0, 0.05) is 31.6 Å². The van der Waals surface area contributed by atoms with Crippen LogP contribution in [0, 0.1) is 21.4 Å². The zero-order chi connectivity index (χ0) is 16.0. The van der Waals surface area contributed by atoms with E-state index >= 15 is 0 Å². The van der Waals surface area contributed by atoms with E-state index in [-0.39, 0.29) is 35.8 Å². The van der Waals surface area contributed by atoms with Gasteiger partial charge < -0.3 is 4.74 Å². The largest absolute Gasteiger partial charge is 0.495 e. The number of methoxy groups -OCH3 is 1. The van der Waals surface area contributed by atoms with Crippen LogP contribution in [-0.4, -0.2) is 37.8 Å². The summed E-state index contributed by atoms with van der Waals surface area (Å²) in [5.41, 5.74) is -0.342. The fourth-order valence-corrected chi connectivity index (χ4v) is 3.37. The number of ether oxygens (including phenoxy) is 1. The summed E-state index contributed by atoms with van der Waals surface area (Å²) in [7, 11) is -2.69. The predicted molar refractivity (Wildman–Crippen MR) is 74.3 cm³/mol. The Morgan fingerprint density at radius 3 is 2.62 bits per heavy atom. The summed E-state index contributed by atoms with van der Waals surface area (Å²) >= 11 is 0. The van der Waals surface area contributed by atoms with Crippen LogP contribution in [0.3, 0.4) is 0 Å². The van der Waals surface area contributed by atoms with Crippen molar-refractivity contribution in [3.63, 3.8) is 0 Å². The lowest BCUT2D eigenvalue weighted by Crippen LogP contribution is -2.32. The highest BCUT2D eigenvalue weighted by molar-refractivity contribution is 7.89. The Morgan fingerprint density at radius 1 is 1.48 bits per heavy atom. The van der Waals surface area contributed by atoms with E-state index in [0.717, 1.165) is 10.4 Å². The van der Waals surface area contributed by atoms with Crippen molar-refractivity contribution in [3.8, 4) is 11.8 Å². The second kappa shape index (κ2) is 7.01. The van der Waals surface area contributed by atoms with Crippen LogP contribution in [0.4, 0.5) is 5.69 Å². The number of hydrogen-bond donors (Lipinski definition) is 0. The Balaban J connectivity index is 3.37. The van der Waals surface area contributed by atoms with Gasteiger partial charge >= 0.3 is 0 Å². The molecular weight excluding hydrogens is 298 g/mol.